The molecular formula is C23H18ClN3O3S. The second kappa shape index (κ2) is 10.1. The number of benzene rings is 3. The van der Waals surface area contributed by atoms with Gasteiger partial charge in [-0.25, -0.2) is 0 Å². The van der Waals surface area contributed by atoms with Crippen LogP contribution in [0.25, 0.3) is 11.5 Å². The Balaban J connectivity index is 1.25. The highest BCUT2D eigenvalue weighted by atomic mass is 35.5. The topological polar surface area (TPSA) is 77.2 Å². The number of nitrogens with one attached hydrogen (secondary N) is 1. The molecule has 1 heterocycles. The first-order chi connectivity index (χ1) is 15.2. The molecule has 8 heteroatoms. The van der Waals surface area contributed by atoms with Crippen molar-refractivity contribution in [2.24, 2.45) is 0 Å². The van der Waals surface area contributed by atoms with Crippen molar-refractivity contribution in [3.63, 3.8) is 0 Å². The zero-order valence-electron chi connectivity index (χ0n) is 16.3. The summed E-state index contributed by atoms with van der Waals surface area (Å²) in [5.41, 5.74) is 2.55. The zero-order valence-corrected chi connectivity index (χ0v) is 17.9. The third-order valence-corrected chi connectivity index (χ3v) is 5.28. The largest absolute Gasteiger partial charge is 0.489 e. The zero-order chi connectivity index (χ0) is 21.5. The second-order valence-electron chi connectivity index (χ2n) is 6.52. The lowest BCUT2D eigenvalue weighted by molar-refractivity contribution is -0.113. The van der Waals surface area contributed by atoms with Crippen LogP contribution >= 0.6 is 23.4 Å². The molecule has 0 aliphatic rings. The van der Waals surface area contributed by atoms with Gasteiger partial charge in [0, 0.05) is 16.3 Å². The number of rotatable bonds is 8. The van der Waals surface area contributed by atoms with Gasteiger partial charge in [-0.15, -0.1) is 10.2 Å². The lowest BCUT2D eigenvalue weighted by Gasteiger charge is -2.08. The quantitative estimate of drug-likeness (QED) is 0.346. The van der Waals surface area contributed by atoms with E-state index in [2.05, 4.69) is 15.5 Å². The third kappa shape index (κ3) is 6.10. The van der Waals surface area contributed by atoms with Crippen molar-refractivity contribution in [1.29, 1.82) is 0 Å². The number of thioether (sulfide) groups is 1. The molecule has 0 radical (unpaired) electrons. The van der Waals surface area contributed by atoms with Crippen molar-refractivity contribution in [1.82, 2.24) is 10.2 Å². The average Bonchev–Trinajstić information content (AvgIpc) is 3.28. The lowest BCUT2D eigenvalue weighted by Crippen LogP contribution is -2.13. The SMILES string of the molecule is O=C(CSc1nnc(-c2ccc(Cl)cc2)o1)Nc1ccc(OCc2ccccc2)cc1. The summed E-state index contributed by atoms with van der Waals surface area (Å²) < 4.78 is 11.3. The van der Waals surface area contributed by atoms with Gasteiger partial charge >= 0.3 is 0 Å². The standard InChI is InChI=1S/C23H18ClN3O3S/c24-18-8-6-17(7-9-18)22-26-27-23(30-22)31-15-21(28)25-19-10-12-20(13-11-19)29-14-16-4-2-1-3-5-16/h1-13H,14-15H2,(H,25,28). The number of halogens is 1. The predicted molar refractivity (Wildman–Crippen MR) is 121 cm³/mol. The molecule has 0 aliphatic carbocycles. The molecule has 3 aromatic carbocycles. The Morgan fingerprint density at radius 1 is 0.968 bits per heavy atom. The van der Waals surface area contributed by atoms with Gasteiger partial charge < -0.3 is 14.5 Å². The second-order valence-corrected chi connectivity index (χ2v) is 7.88. The highest BCUT2D eigenvalue weighted by molar-refractivity contribution is 7.99. The fourth-order valence-electron chi connectivity index (χ4n) is 2.68. The molecule has 4 rings (SSSR count). The summed E-state index contributed by atoms with van der Waals surface area (Å²) >= 11 is 7.06. The monoisotopic (exact) mass is 451 g/mol. The fourth-order valence-corrected chi connectivity index (χ4v) is 3.37. The summed E-state index contributed by atoms with van der Waals surface area (Å²) in [6, 6.07) is 24.3. The molecule has 0 saturated carbocycles. The van der Waals surface area contributed by atoms with E-state index in [1.165, 1.54) is 11.8 Å². The van der Waals surface area contributed by atoms with Gasteiger partial charge in [0.25, 0.3) is 5.22 Å². The van der Waals surface area contributed by atoms with Crippen LogP contribution in [0.1, 0.15) is 5.56 Å². The van der Waals surface area contributed by atoms with E-state index in [1.54, 1.807) is 36.4 Å². The molecule has 1 amide bonds. The van der Waals surface area contributed by atoms with E-state index < -0.39 is 0 Å². The van der Waals surface area contributed by atoms with E-state index >= 15 is 0 Å². The van der Waals surface area contributed by atoms with Crippen LogP contribution in [0.3, 0.4) is 0 Å². The number of amides is 1. The molecule has 156 valence electrons. The van der Waals surface area contributed by atoms with Crippen LogP contribution in [0, 0.1) is 0 Å². The molecule has 0 spiro atoms. The lowest BCUT2D eigenvalue weighted by atomic mass is 10.2. The first kappa shape index (κ1) is 21.0. The van der Waals surface area contributed by atoms with E-state index in [0.29, 0.717) is 28.4 Å². The summed E-state index contributed by atoms with van der Waals surface area (Å²) in [5, 5.41) is 11.8. The maximum absolute atomic E-state index is 12.2. The van der Waals surface area contributed by atoms with E-state index in [1.807, 2.05) is 42.5 Å². The minimum absolute atomic E-state index is 0.147. The smallest absolute Gasteiger partial charge is 0.277 e. The van der Waals surface area contributed by atoms with Gasteiger partial charge in [-0.1, -0.05) is 53.7 Å². The molecule has 6 nitrogen and oxygen atoms in total. The van der Waals surface area contributed by atoms with Crippen LogP contribution in [-0.2, 0) is 11.4 Å². The van der Waals surface area contributed by atoms with E-state index in [-0.39, 0.29) is 11.7 Å². The van der Waals surface area contributed by atoms with Crippen molar-refractivity contribution < 1.29 is 13.9 Å². The fraction of sp³-hybridized carbons (Fsp3) is 0.0870. The van der Waals surface area contributed by atoms with Crippen LogP contribution in [-0.4, -0.2) is 21.9 Å². The van der Waals surface area contributed by atoms with E-state index in [9.17, 15) is 4.79 Å². The summed E-state index contributed by atoms with van der Waals surface area (Å²) in [5.74, 6) is 1.09. The number of hydrogen-bond acceptors (Lipinski definition) is 6. The molecule has 0 aliphatic heterocycles. The third-order valence-electron chi connectivity index (χ3n) is 4.21. The Labute approximate surface area is 188 Å². The molecule has 0 bridgehead atoms. The van der Waals surface area contributed by atoms with Gasteiger partial charge in [-0.3, -0.25) is 4.79 Å². The number of ether oxygens (including phenoxy) is 1. The number of hydrogen-bond donors (Lipinski definition) is 1. The van der Waals surface area contributed by atoms with Gasteiger partial charge in [0.2, 0.25) is 11.8 Å². The number of anilines is 1. The molecule has 0 atom stereocenters. The van der Waals surface area contributed by atoms with Crippen molar-refractivity contribution in [2.75, 3.05) is 11.1 Å². The minimum atomic E-state index is -0.172. The molecule has 1 aromatic heterocycles. The first-order valence-electron chi connectivity index (χ1n) is 9.44. The number of nitrogens with zero attached hydrogens (tertiary/aromatic N) is 2. The van der Waals surface area contributed by atoms with Crippen LogP contribution in [0.4, 0.5) is 5.69 Å². The first-order valence-corrected chi connectivity index (χ1v) is 10.8. The van der Waals surface area contributed by atoms with Crippen LogP contribution in [0.15, 0.2) is 88.5 Å². The number of carbonyl (C=O) groups excluding carboxylic acids is 1. The molecule has 1 N–H and O–H groups in total. The van der Waals surface area contributed by atoms with Crippen molar-refractivity contribution in [3.8, 4) is 17.2 Å². The van der Waals surface area contributed by atoms with E-state index in [4.69, 9.17) is 20.8 Å². The Bertz CT molecular complexity index is 1130. The molecule has 31 heavy (non-hydrogen) atoms. The minimum Gasteiger partial charge on any atom is -0.489 e. The molecule has 0 unspecified atom stereocenters. The average molecular weight is 452 g/mol. The number of carbonyl (C=O) groups is 1. The van der Waals surface area contributed by atoms with Crippen LogP contribution in [0.2, 0.25) is 5.02 Å². The van der Waals surface area contributed by atoms with Crippen molar-refractivity contribution in [2.45, 2.75) is 11.8 Å². The number of aromatic nitrogens is 2. The molecule has 0 saturated heterocycles. The summed E-state index contributed by atoms with van der Waals surface area (Å²) in [6.45, 7) is 0.491. The van der Waals surface area contributed by atoms with E-state index in [0.717, 1.165) is 16.9 Å². The Morgan fingerprint density at radius 3 is 2.45 bits per heavy atom. The van der Waals surface area contributed by atoms with Gasteiger partial charge in [0.05, 0.1) is 5.75 Å². The summed E-state index contributed by atoms with van der Waals surface area (Å²) in [4.78, 5) is 12.2. The highest BCUT2D eigenvalue weighted by Gasteiger charge is 2.11. The maximum atomic E-state index is 12.2. The Hall–Kier alpha value is -3.29. The molecule has 0 fully saturated rings. The summed E-state index contributed by atoms with van der Waals surface area (Å²) in [7, 11) is 0. The van der Waals surface area contributed by atoms with Gasteiger partial charge in [0.15, 0.2) is 0 Å². The summed E-state index contributed by atoms with van der Waals surface area (Å²) in [6.07, 6.45) is 0. The van der Waals surface area contributed by atoms with Crippen LogP contribution < -0.4 is 10.1 Å². The highest BCUT2D eigenvalue weighted by Crippen LogP contribution is 2.24. The van der Waals surface area contributed by atoms with Crippen molar-refractivity contribution >= 4 is 35.0 Å². The van der Waals surface area contributed by atoms with Gasteiger partial charge in [-0.2, -0.15) is 0 Å². The Morgan fingerprint density at radius 2 is 1.71 bits per heavy atom. The van der Waals surface area contributed by atoms with Crippen LogP contribution in [0.5, 0.6) is 5.75 Å². The van der Waals surface area contributed by atoms with Gasteiger partial charge in [0.1, 0.15) is 12.4 Å². The van der Waals surface area contributed by atoms with Crippen molar-refractivity contribution in [3.05, 3.63) is 89.4 Å². The van der Waals surface area contributed by atoms with Gasteiger partial charge in [-0.05, 0) is 54.1 Å². The Kier molecular flexibility index (Phi) is 6.86. The molecular weight excluding hydrogens is 434 g/mol. The predicted octanol–water partition coefficient (Wildman–Crippen LogP) is 5.70. The maximum Gasteiger partial charge on any atom is 0.277 e. The normalized spacial score (nSPS) is 10.6. The molecule has 4 aromatic rings.